The number of hydrogen-bond acceptors (Lipinski definition) is 18. The Labute approximate surface area is 334 Å². The van der Waals surface area contributed by atoms with Gasteiger partial charge in [0.15, 0.2) is 30.1 Å². The van der Waals surface area contributed by atoms with Crippen LogP contribution in [-0.2, 0) is 29.9 Å². The molecule has 0 spiro atoms. The number of imidazole rings is 2. The Morgan fingerprint density at radius 1 is 0.621 bits per heavy atom. The number of nitrogens with one attached hydrogen (secondary N) is 4. The quantitative estimate of drug-likeness (QED) is 0.136. The van der Waals surface area contributed by atoms with Crippen LogP contribution in [0.1, 0.15) is 6.92 Å². The largest absolute Gasteiger partial charge is 0.481 e. The molecule has 0 aliphatic rings. The summed E-state index contributed by atoms with van der Waals surface area (Å²) in [5.74, 6) is -0.559. The highest BCUT2D eigenvalue weighted by Gasteiger charge is 2.33. The molecule has 0 radical (unpaired) electrons. The summed E-state index contributed by atoms with van der Waals surface area (Å²) >= 11 is 5.93. The van der Waals surface area contributed by atoms with Crippen molar-refractivity contribution in [2.45, 2.75) is 22.0 Å². The van der Waals surface area contributed by atoms with E-state index in [1.807, 2.05) is 4.72 Å². The summed E-state index contributed by atoms with van der Waals surface area (Å²) in [6, 6.07) is 9.72. The predicted molar refractivity (Wildman–Crippen MR) is 202 cm³/mol. The van der Waals surface area contributed by atoms with Crippen LogP contribution in [0.3, 0.4) is 0 Å². The van der Waals surface area contributed by atoms with Crippen molar-refractivity contribution in [3.63, 3.8) is 0 Å². The third kappa shape index (κ3) is 9.50. The van der Waals surface area contributed by atoms with E-state index in [2.05, 4.69) is 40.5 Å². The lowest BCUT2D eigenvalue weighted by atomic mass is 10.5. The SMILES string of the molecule is CCS(=O)(=O)c1nc2ccccn2c1S(=O)(=O)NC(=O)Nc1nc(OC)cc(OC)n1.COc1cc(OC)nc(NC(=O)NS(=O)(=O)c2c(Cl)nc3ccccn23)n1. The summed E-state index contributed by atoms with van der Waals surface area (Å²) in [5.41, 5.74) is 0.389. The van der Waals surface area contributed by atoms with Crippen LogP contribution in [0.15, 0.2) is 76.0 Å². The molecule has 0 aromatic carbocycles. The second kappa shape index (κ2) is 17.3. The zero-order valence-electron chi connectivity index (χ0n) is 30.6. The van der Waals surface area contributed by atoms with E-state index in [4.69, 9.17) is 30.5 Å². The highest BCUT2D eigenvalue weighted by Crippen LogP contribution is 2.25. The monoisotopic (exact) mass is 882 g/mol. The molecule has 24 nitrogen and oxygen atoms in total. The number of methoxy groups -OCH3 is 4. The van der Waals surface area contributed by atoms with Crippen LogP contribution in [0, 0.1) is 0 Å². The number of rotatable bonds is 12. The Hall–Kier alpha value is -6.58. The molecule has 0 saturated heterocycles. The summed E-state index contributed by atoms with van der Waals surface area (Å²) in [4.78, 5) is 47.8. The van der Waals surface area contributed by atoms with E-state index in [1.54, 1.807) is 29.0 Å². The van der Waals surface area contributed by atoms with Crippen LogP contribution in [0.5, 0.6) is 23.5 Å². The molecular formula is C30H31ClN12O12S3. The first-order valence-corrected chi connectivity index (χ1v) is 20.9. The van der Waals surface area contributed by atoms with Gasteiger partial charge in [-0.1, -0.05) is 30.7 Å². The van der Waals surface area contributed by atoms with E-state index in [0.29, 0.717) is 5.65 Å². The maximum atomic E-state index is 13.0. The van der Waals surface area contributed by atoms with Gasteiger partial charge in [0.05, 0.1) is 46.3 Å². The number of carbonyl (C=O) groups excluding carboxylic acids is 2. The van der Waals surface area contributed by atoms with Gasteiger partial charge in [0, 0.05) is 12.4 Å². The Morgan fingerprint density at radius 3 is 1.43 bits per heavy atom. The molecule has 0 fully saturated rings. The molecule has 0 aliphatic carbocycles. The average Bonchev–Trinajstić information content (AvgIpc) is 3.76. The molecule has 6 aromatic rings. The van der Waals surface area contributed by atoms with Gasteiger partial charge < -0.3 is 18.9 Å². The number of nitrogens with zero attached hydrogens (tertiary/aromatic N) is 8. The number of ether oxygens (including phenoxy) is 4. The smallest absolute Gasteiger partial charge is 0.335 e. The molecule has 6 heterocycles. The van der Waals surface area contributed by atoms with E-state index in [9.17, 15) is 34.8 Å². The van der Waals surface area contributed by atoms with E-state index < -0.39 is 52.0 Å². The standard InChI is InChI=1S/C16H18N6O7S2.C14H13ClN6O5S/c1-4-30(24,25)13-14(22-8-6-5-7-10(22)17-13)31(26,27)21-16(23)20-15-18-11(28-2)9-12(19-15)29-3;1-25-9-7-10(26-2)18-13(17-9)19-14(22)20-27(23,24)12-11(15)16-8-5-3-4-6-21(8)12/h5-9H,4H2,1-3H3,(H2,18,19,20,21,23);3-7H,1-2H3,(H2,17,18,19,20,22). The highest BCUT2D eigenvalue weighted by molar-refractivity contribution is 7.93. The van der Waals surface area contributed by atoms with Crippen LogP contribution in [0.4, 0.5) is 21.5 Å². The van der Waals surface area contributed by atoms with Gasteiger partial charge in [0.2, 0.25) is 35.4 Å². The van der Waals surface area contributed by atoms with Gasteiger partial charge >= 0.3 is 12.1 Å². The fourth-order valence-electron chi connectivity index (χ4n) is 4.65. The van der Waals surface area contributed by atoms with Crippen molar-refractivity contribution in [2.24, 2.45) is 0 Å². The van der Waals surface area contributed by atoms with Gasteiger partial charge in [-0.3, -0.25) is 19.4 Å². The maximum absolute atomic E-state index is 13.0. The number of sulfonamides is 2. The number of amides is 4. The van der Waals surface area contributed by atoms with Crippen LogP contribution >= 0.6 is 11.6 Å². The number of carbonyl (C=O) groups is 2. The number of hydrogen-bond donors (Lipinski definition) is 4. The zero-order valence-corrected chi connectivity index (χ0v) is 33.8. The Kier molecular flexibility index (Phi) is 12.7. The van der Waals surface area contributed by atoms with Crippen molar-refractivity contribution in [3.05, 3.63) is 66.1 Å². The minimum atomic E-state index is -4.68. The topological polar surface area (TPSA) is 308 Å². The predicted octanol–water partition coefficient (Wildman–Crippen LogP) is 1.75. The molecule has 0 bridgehead atoms. The zero-order chi connectivity index (χ0) is 42.4. The number of halogens is 1. The van der Waals surface area contributed by atoms with Gasteiger partial charge in [-0.2, -0.15) is 36.8 Å². The van der Waals surface area contributed by atoms with E-state index in [-0.39, 0.29) is 57.0 Å². The first-order valence-electron chi connectivity index (χ1n) is 15.9. The Bertz CT molecular complexity index is 2810. The molecule has 0 unspecified atom stereocenters. The summed E-state index contributed by atoms with van der Waals surface area (Å²) < 4.78 is 102. The number of fused-ring (bicyclic) bond motifs is 2. The van der Waals surface area contributed by atoms with Gasteiger partial charge in [-0.15, -0.1) is 0 Å². The number of urea groups is 2. The minimum absolute atomic E-state index is 0.0584. The van der Waals surface area contributed by atoms with E-state index in [1.165, 1.54) is 76.4 Å². The van der Waals surface area contributed by atoms with Crippen molar-refractivity contribution in [2.75, 3.05) is 44.8 Å². The molecule has 58 heavy (non-hydrogen) atoms. The van der Waals surface area contributed by atoms with Crippen LogP contribution < -0.4 is 39.0 Å². The lowest BCUT2D eigenvalue weighted by Crippen LogP contribution is -2.36. The summed E-state index contributed by atoms with van der Waals surface area (Å²) in [7, 11) is -7.65. The molecule has 4 N–H and O–H groups in total. The van der Waals surface area contributed by atoms with Gasteiger partial charge in [-0.25, -0.2) is 37.4 Å². The number of pyridine rings is 2. The summed E-state index contributed by atoms with van der Waals surface area (Å²) in [6.07, 6.45) is 2.77. The third-order valence-corrected chi connectivity index (χ3v) is 12.0. The number of anilines is 2. The maximum Gasteiger partial charge on any atom is 0.335 e. The van der Waals surface area contributed by atoms with Gasteiger partial charge in [0.1, 0.15) is 11.3 Å². The Morgan fingerprint density at radius 2 is 1.02 bits per heavy atom. The van der Waals surface area contributed by atoms with Crippen molar-refractivity contribution >= 4 is 76.7 Å². The second-order valence-corrected chi connectivity index (χ2v) is 16.6. The normalized spacial score (nSPS) is 11.6. The summed E-state index contributed by atoms with van der Waals surface area (Å²) in [5, 5.41) is 2.32. The minimum Gasteiger partial charge on any atom is -0.481 e. The number of aromatic nitrogens is 8. The van der Waals surface area contributed by atoms with E-state index >= 15 is 0 Å². The third-order valence-electron chi connectivity index (χ3n) is 7.19. The van der Waals surface area contributed by atoms with Crippen LogP contribution in [-0.4, -0.2) is 110 Å². The van der Waals surface area contributed by atoms with Gasteiger partial charge in [0.25, 0.3) is 20.0 Å². The molecule has 0 atom stereocenters. The molecule has 308 valence electrons. The first kappa shape index (κ1) is 42.6. The fraction of sp³-hybridized carbons (Fsp3) is 0.200. The summed E-state index contributed by atoms with van der Waals surface area (Å²) in [6.45, 7) is 1.35. The highest BCUT2D eigenvalue weighted by atomic mass is 35.5. The van der Waals surface area contributed by atoms with Gasteiger partial charge in [-0.05, 0) is 24.3 Å². The number of sulfone groups is 1. The molecule has 0 aliphatic heterocycles. The van der Waals surface area contributed by atoms with E-state index in [0.717, 1.165) is 4.40 Å². The molecular weight excluding hydrogens is 852 g/mol. The molecule has 6 rings (SSSR count). The van der Waals surface area contributed by atoms with Crippen LogP contribution in [0.25, 0.3) is 11.3 Å². The van der Waals surface area contributed by atoms with Crippen molar-refractivity contribution in [3.8, 4) is 23.5 Å². The fourth-order valence-corrected chi connectivity index (χ4v) is 8.87. The van der Waals surface area contributed by atoms with Crippen molar-refractivity contribution < 1.29 is 53.8 Å². The van der Waals surface area contributed by atoms with Crippen LogP contribution in [0.2, 0.25) is 5.15 Å². The first-order chi connectivity index (χ1) is 27.4. The molecule has 6 aromatic heterocycles. The lowest BCUT2D eigenvalue weighted by Gasteiger charge is -2.10. The lowest BCUT2D eigenvalue weighted by molar-refractivity contribution is 0.255. The van der Waals surface area contributed by atoms with Crippen molar-refractivity contribution in [1.29, 1.82) is 0 Å². The second-order valence-electron chi connectivity index (χ2n) is 10.9. The van der Waals surface area contributed by atoms with Crippen molar-refractivity contribution in [1.82, 2.24) is 48.1 Å². The molecule has 4 amide bonds. The molecule has 0 saturated carbocycles. The molecule has 28 heteroatoms. The average molecular weight is 883 g/mol. The Balaban J connectivity index is 0.000000223.